The maximum Gasteiger partial charge on any atom is 0.305 e. The van der Waals surface area contributed by atoms with Crippen LogP contribution in [0.15, 0.2) is 0 Å². The van der Waals surface area contributed by atoms with Crippen LogP contribution in [0.5, 0.6) is 0 Å². The van der Waals surface area contributed by atoms with Gasteiger partial charge in [-0.3, -0.25) is 4.79 Å². The van der Waals surface area contributed by atoms with E-state index in [1.807, 2.05) is 0 Å². The minimum atomic E-state index is 0.0168. The second-order valence-electron chi connectivity index (χ2n) is 8.81. The lowest BCUT2D eigenvalue weighted by molar-refractivity contribution is -0.143. The minimum Gasteiger partial charge on any atom is -0.466 e. The Morgan fingerprint density at radius 3 is 1.59 bits per heavy atom. The van der Waals surface area contributed by atoms with E-state index in [9.17, 15) is 4.79 Å². The Labute approximate surface area is 171 Å². The molecule has 0 atom stereocenters. The topological polar surface area (TPSA) is 26.3 Å². The van der Waals surface area contributed by atoms with Gasteiger partial charge in [-0.15, -0.1) is 0 Å². The van der Waals surface area contributed by atoms with Gasteiger partial charge in [-0.25, -0.2) is 0 Å². The number of ether oxygens (including phenoxy) is 1. The predicted molar refractivity (Wildman–Crippen MR) is 119 cm³/mol. The molecule has 0 fully saturated rings. The van der Waals surface area contributed by atoms with Crippen LogP contribution in [-0.4, -0.2) is 12.6 Å². The van der Waals surface area contributed by atoms with Gasteiger partial charge in [0.05, 0.1) is 6.61 Å². The first-order valence-electron chi connectivity index (χ1n) is 12.3. The standard InChI is InChI=1S/C25H50O2/c1-4-5-6-7-8-9-13-16-19-22-25(26)27-23-20-17-14-11-10-12-15-18-21-24(2)3/h24H,4-23H2,1-3H3. The van der Waals surface area contributed by atoms with Crippen LogP contribution in [0.25, 0.3) is 0 Å². The molecule has 0 unspecified atom stereocenters. The van der Waals surface area contributed by atoms with Crippen molar-refractivity contribution < 1.29 is 9.53 Å². The normalized spacial score (nSPS) is 11.3. The number of unbranched alkanes of at least 4 members (excludes halogenated alkanes) is 15. The fraction of sp³-hybridized carbons (Fsp3) is 0.960. The molecule has 0 heterocycles. The molecule has 0 bridgehead atoms. The highest BCUT2D eigenvalue weighted by molar-refractivity contribution is 5.69. The molecule has 0 aliphatic heterocycles. The van der Waals surface area contributed by atoms with Crippen LogP contribution >= 0.6 is 0 Å². The quantitative estimate of drug-likeness (QED) is 0.147. The number of hydrogen-bond donors (Lipinski definition) is 0. The second kappa shape index (κ2) is 21.8. The fourth-order valence-electron chi connectivity index (χ4n) is 3.55. The predicted octanol–water partition coefficient (Wildman–Crippen LogP) is 8.62. The van der Waals surface area contributed by atoms with E-state index in [0.29, 0.717) is 13.0 Å². The van der Waals surface area contributed by atoms with E-state index < -0.39 is 0 Å². The summed E-state index contributed by atoms with van der Waals surface area (Å²) in [6.07, 6.45) is 24.1. The Hall–Kier alpha value is -0.530. The van der Waals surface area contributed by atoms with Crippen molar-refractivity contribution >= 4 is 5.97 Å². The van der Waals surface area contributed by atoms with E-state index in [2.05, 4.69) is 20.8 Å². The third-order valence-electron chi connectivity index (χ3n) is 5.42. The van der Waals surface area contributed by atoms with E-state index in [1.54, 1.807) is 0 Å². The van der Waals surface area contributed by atoms with E-state index in [-0.39, 0.29) is 5.97 Å². The number of hydrogen-bond acceptors (Lipinski definition) is 2. The van der Waals surface area contributed by atoms with E-state index in [0.717, 1.165) is 18.8 Å². The molecule has 162 valence electrons. The fourth-order valence-corrected chi connectivity index (χ4v) is 3.55. The summed E-state index contributed by atoms with van der Waals surface area (Å²) in [5.74, 6) is 0.871. The molecule has 2 heteroatoms. The molecule has 0 aliphatic rings. The number of esters is 1. The zero-order valence-electron chi connectivity index (χ0n) is 19.0. The summed E-state index contributed by atoms with van der Waals surface area (Å²) >= 11 is 0. The number of carbonyl (C=O) groups excluding carboxylic acids is 1. The Balaban J connectivity index is 3.15. The van der Waals surface area contributed by atoms with Crippen LogP contribution in [0, 0.1) is 5.92 Å². The highest BCUT2D eigenvalue weighted by atomic mass is 16.5. The van der Waals surface area contributed by atoms with Gasteiger partial charge in [-0.1, -0.05) is 124 Å². The van der Waals surface area contributed by atoms with E-state index in [1.165, 1.54) is 103 Å². The summed E-state index contributed by atoms with van der Waals surface area (Å²) in [5.41, 5.74) is 0. The first kappa shape index (κ1) is 26.5. The minimum absolute atomic E-state index is 0.0168. The molecule has 0 aromatic heterocycles. The molecule has 0 saturated carbocycles. The van der Waals surface area contributed by atoms with Crippen molar-refractivity contribution in [3.63, 3.8) is 0 Å². The Morgan fingerprint density at radius 1 is 0.630 bits per heavy atom. The first-order chi connectivity index (χ1) is 13.2. The van der Waals surface area contributed by atoms with Gasteiger partial charge in [-0.2, -0.15) is 0 Å². The third-order valence-corrected chi connectivity index (χ3v) is 5.42. The van der Waals surface area contributed by atoms with Gasteiger partial charge in [0.25, 0.3) is 0 Å². The molecular formula is C25H50O2. The molecule has 0 rings (SSSR count). The average Bonchev–Trinajstić information content (AvgIpc) is 2.64. The van der Waals surface area contributed by atoms with E-state index in [4.69, 9.17) is 4.74 Å². The monoisotopic (exact) mass is 382 g/mol. The molecule has 0 N–H and O–H groups in total. The van der Waals surface area contributed by atoms with Crippen molar-refractivity contribution in [1.82, 2.24) is 0 Å². The van der Waals surface area contributed by atoms with Crippen LogP contribution in [0.3, 0.4) is 0 Å². The van der Waals surface area contributed by atoms with Crippen molar-refractivity contribution in [3.8, 4) is 0 Å². The van der Waals surface area contributed by atoms with Crippen LogP contribution in [-0.2, 0) is 9.53 Å². The molecule has 0 spiro atoms. The van der Waals surface area contributed by atoms with Gasteiger partial charge in [-0.05, 0) is 18.8 Å². The SMILES string of the molecule is CCCCCCCCCCCC(=O)OCCCCCCCCCCC(C)C. The van der Waals surface area contributed by atoms with Crippen molar-refractivity contribution in [2.75, 3.05) is 6.61 Å². The van der Waals surface area contributed by atoms with Crippen molar-refractivity contribution in [2.24, 2.45) is 5.92 Å². The van der Waals surface area contributed by atoms with Gasteiger partial charge in [0.15, 0.2) is 0 Å². The summed E-state index contributed by atoms with van der Waals surface area (Å²) < 4.78 is 5.36. The van der Waals surface area contributed by atoms with Crippen LogP contribution in [0.1, 0.15) is 143 Å². The maximum atomic E-state index is 11.7. The zero-order valence-corrected chi connectivity index (χ0v) is 19.0. The van der Waals surface area contributed by atoms with Gasteiger partial charge < -0.3 is 4.74 Å². The maximum absolute atomic E-state index is 11.7. The van der Waals surface area contributed by atoms with Crippen LogP contribution in [0.2, 0.25) is 0 Å². The molecule has 0 amide bonds. The van der Waals surface area contributed by atoms with Crippen LogP contribution in [0.4, 0.5) is 0 Å². The van der Waals surface area contributed by atoms with Gasteiger partial charge in [0.1, 0.15) is 0 Å². The van der Waals surface area contributed by atoms with Gasteiger partial charge >= 0.3 is 5.97 Å². The highest BCUT2D eigenvalue weighted by Gasteiger charge is 2.02. The zero-order chi connectivity index (χ0) is 20.0. The van der Waals surface area contributed by atoms with Gasteiger partial charge in [0.2, 0.25) is 0 Å². The third kappa shape index (κ3) is 23.4. The second-order valence-corrected chi connectivity index (χ2v) is 8.81. The molecular weight excluding hydrogens is 332 g/mol. The smallest absolute Gasteiger partial charge is 0.305 e. The highest BCUT2D eigenvalue weighted by Crippen LogP contribution is 2.13. The molecule has 0 aromatic rings. The number of rotatable bonds is 21. The average molecular weight is 383 g/mol. The lowest BCUT2D eigenvalue weighted by atomic mass is 10.0. The lowest BCUT2D eigenvalue weighted by Gasteiger charge is -2.06. The summed E-state index contributed by atoms with van der Waals surface area (Å²) in [4.78, 5) is 11.7. The van der Waals surface area contributed by atoms with Gasteiger partial charge in [0, 0.05) is 6.42 Å². The Morgan fingerprint density at radius 2 is 1.07 bits per heavy atom. The Kier molecular flexibility index (Phi) is 21.3. The molecule has 2 nitrogen and oxygen atoms in total. The first-order valence-corrected chi connectivity index (χ1v) is 12.3. The molecule has 0 saturated heterocycles. The summed E-state index contributed by atoms with van der Waals surface area (Å²) in [6.45, 7) is 7.51. The number of carbonyl (C=O) groups is 1. The van der Waals surface area contributed by atoms with Crippen molar-refractivity contribution in [3.05, 3.63) is 0 Å². The lowest BCUT2D eigenvalue weighted by Crippen LogP contribution is -2.05. The van der Waals surface area contributed by atoms with E-state index >= 15 is 0 Å². The summed E-state index contributed by atoms with van der Waals surface area (Å²) in [6, 6.07) is 0. The molecule has 0 radical (unpaired) electrons. The Bertz CT molecular complexity index is 299. The summed E-state index contributed by atoms with van der Waals surface area (Å²) in [7, 11) is 0. The summed E-state index contributed by atoms with van der Waals surface area (Å²) in [5, 5.41) is 0. The molecule has 0 aromatic carbocycles. The molecule has 27 heavy (non-hydrogen) atoms. The van der Waals surface area contributed by atoms with Crippen molar-refractivity contribution in [1.29, 1.82) is 0 Å². The van der Waals surface area contributed by atoms with Crippen molar-refractivity contribution in [2.45, 2.75) is 143 Å². The molecule has 0 aliphatic carbocycles. The van der Waals surface area contributed by atoms with Crippen LogP contribution < -0.4 is 0 Å². The largest absolute Gasteiger partial charge is 0.466 e.